The summed E-state index contributed by atoms with van der Waals surface area (Å²) in [5.41, 5.74) is 4.09. The summed E-state index contributed by atoms with van der Waals surface area (Å²) in [6.45, 7) is 2.24. The Kier molecular flexibility index (Phi) is 4.74. The molecule has 0 bridgehead atoms. The van der Waals surface area contributed by atoms with Crippen molar-refractivity contribution in [3.05, 3.63) is 48.0 Å². The number of benzene rings is 1. The Hall–Kier alpha value is -1.57. The molecule has 0 saturated heterocycles. The van der Waals surface area contributed by atoms with Gasteiger partial charge in [-0.25, -0.2) is 4.98 Å². The summed E-state index contributed by atoms with van der Waals surface area (Å²) in [6, 6.07) is 9.19. The smallest absolute Gasteiger partial charge is 0.0994 e. The van der Waals surface area contributed by atoms with Crippen LogP contribution in [0.1, 0.15) is 69.0 Å². The fourth-order valence-corrected chi connectivity index (χ4v) is 3.44. The van der Waals surface area contributed by atoms with Crippen LogP contribution in [0.5, 0.6) is 0 Å². The Balaban J connectivity index is 1.76. The van der Waals surface area contributed by atoms with E-state index in [2.05, 4.69) is 40.7 Å². The van der Waals surface area contributed by atoms with Gasteiger partial charge in [0.15, 0.2) is 0 Å². The number of aryl methyl sites for hydroxylation is 1. The van der Waals surface area contributed by atoms with Crippen molar-refractivity contribution in [3.63, 3.8) is 0 Å². The van der Waals surface area contributed by atoms with Crippen LogP contribution in [-0.2, 0) is 6.42 Å². The van der Waals surface area contributed by atoms with Crippen LogP contribution in [0.25, 0.3) is 5.69 Å². The Morgan fingerprint density at radius 3 is 2.57 bits per heavy atom. The molecule has 0 spiro atoms. The van der Waals surface area contributed by atoms with Crippen molar-refractivity contribution in [1.82, 2.24) is 9.55 Å². The maximum Gasteiger partial charge on any atom is 0.0994 e. The van der Waals surface area contributed by atoms with Gasteiger partial charge in [0.05, 0.1) is 6.33 Å². The van der Waals surface area contributed by atoms with Gasteiger partial charge in [-0.05, 0) is 49.3 Å². The summed E-state index contributed by atoms with van der Waals surface area (Å²) >= 11 is 0. The maximum atomic E-state index is 4.33. The molecule has 1 aliphatic carbocycles. The van der Waals surface area contributed by atoms with E-state index in [-0.39, 0.29) is 0 Å². The zero-order valence-corrected chi connectivity index (χ0v) is 13.1. The van der Waals surface area contributed by atoms with E-state index >= 15 is 0 Å². The van der Waals surface area contributed by atoms with Crippen LogP contribution in [0.15, 0.2) is 36.8 Å². The van der Waals surface area contributed by atoms with Gasteiger partial charge in [-0.2, -0.15) is 0 Å². The largest absolute Gasteiger partial charge is 0.303 e. The normalized spacial score (nSPS) is 16.2. The fourth-order valence-electron chi connectivity index (χ4n) is 3.44. The van der Waals surface area contributed by atoms with Crippen molar-refractivity contribution < 1.29 is 0 Å². The van der Waals surface area contributed by atoms with E-state index in [0.717, 1.165) is 12.3 Å². The van der Waals surface area contributed by atoms with Crippen LogP contribution in [0.4, 0.5) is 0 Å². The third kappa shape index (κ3) is 3.37. The summed E-state index contributed by atoms with van der Waals surface area (Å²) in [5, 5.41) is 0. The van der Waals surface area contributed by atoms with Gasteiger partial charge in [-0.15, -0.1) is 0 Å². The third-order valence-electron chi connectivity index (χ3n) is 4.75. The molecule has 1 aromatic carbocycles. The molecule has 3 rings (SSSR count). The SMILES string of the molecule is CCCCc1cncn1-c1ccc(C2CCCCC2)cc1. The molecule has 0 amide bonds. The van der Waals surface area contributed by atoms with Crippen molar-refractivity contribution in [3.8, 4) is 5.69 Å². The molecule has 1 aliphatic rings. The van der Waals surface area contributed by atoms with Crippen molar-refractivity contribution in [2.75, 3.05) is 0 Å². The Labute approximate surface area is 128 Å². The highest BCUT2D eigenvalue weighted by Gasteiger charge is 2.15. The van der Waals surface area contributed by atoms with E-state index in [1.54, 1.807) is 0 Å². The van der Waals surface area contributed by atoms with Gasteiger partial charge in [0.25, 0.3) is 0 Å². The predicted molar refractivity (Wildman–Crippen MR) is 88.0 cm³/mol. The average molecular weight is 282 g/mol. The molecular weight excluding hydrogens is 256 g/mol. The molecule has 0 radical (unpaired) electrons. The Morgan fingerprint density at radius 2 is 1.86 bits per heavy atom. The van der Waals surface area contributed by atoms with Gasteiger partial charge >= 0.3 is 0 Å². The maximum absolute atomic E-state index is 4.33. The molecule has 1 aromatic heterocycles. The first-order valence-electron chi connectivity index (χ1n) is 8.50. The minimum Gasteiger partial charge on any atom is -0.303 e. The summed E-state index contributed by atoms with van der Waals surface area (Å²) in [7, 11) is 0. The van der Waals surface area contributed by atoms with Crippen LogP contribution >= 0.6 is 0 Å². The van der Waals surface area contributed by atoms with Crippen molar-refractivity contribution in [2.45, 2.75) is 64.2 Å². The number of hydrogen-bond acceptors (Lipinski definition) is 1. The first kappa shape index (κ1) is 14.4. The number of aromatic nitrogens is 2. The lowest BCUT2D eigenvalue weighted by Crippen LogP contribution is -2.05. The first-order chi connectivity index (χ1) is 10.4. The highest BCUT2D eigenvalue weighted by atomic mass is 15.0. The molecule has 1 saturated carbocycles. The zero-order valence-electron chi connectivity index (χ0n) is 13.1. The first-order valence-corrected chi connectivity index (χ1v) is 8.50. The molecule has 2 heteroatoms. The number of imidazole rings is 1. The minimum atomic E-state index is 0.787. The molecule has 1 fully saturated rings. The molecule has 21 heavy (non-hydrogen) atoms. The second-order valence-corrected chi connectivity index (χ2v) is 6.28. The minimum absolute atomic E-state index is 0.787. The Morgan fingerprint density at radius 1 is 1.10 bits per heavy atom. The topological polar surface area (TPSA) is 17.8 Å². The molecular formula is C19H26N2. The number of rotatable bonds is 5. The monoisotopic (exact) mass is 282 g/mol. The van der Waals surface area contributed by atoms with E-state index in [0.29, 0.717) is 0 Å². The van der Waals surface area contributed by atoms with E-state index < -0.39 is 0 Å². The van der Waals surface area contributed by atoms with Crippen LogP contribution in [0.2, 0.25) is 0 Å². The van der Waals surface area contributed by atoms with E-state index in [9.17, 15) is 0 Å². The highest BCUT2D eigenvalue weighted by Crippen LogP contribution is 2.32. The average Bonchev–Trinajstić information content (AvgIpc) is 3.02. The van der Waals surface area contributed by atoms with Gasteiger partial charge < -0.3 is 4.57 Å². The van der Waals surface area contributed by atoms with Crippen LogP contribution < -0.4 is 0 Å². The lowest BCUT2D eigenvalue weighted by molar-refractivity contribution is 0.443. The lowest BCUT2D eigenvalue weighted by Gasteiger charge is -2.22. The van der Waals surface area contributed by atoms with Gasteiger partial charge in [0.1, 0.15) is 0 Å². The molecule has 112 valence electrons. The number of unbranched alkanes of at least 4 members (excludes halogenated alkanes) is 1. The van der Waals surface area contributed by atoms with E-state index in [1.165, 1.54) is 61.9 Å². The van der Waals surface area contributed by atoms with Gasteiger partial charge in [0, 0.05) is 17.6 Å². The summed E-state index contributed by atoms with van der Waals surface area (Å²) in [6.07, 6.45) is 14.5. The van der Waals surface area contributed by atoms with Crippen LogP contribution in [0.3, 0.4) is 0 Å². The summed E-state index contributed by atoms with van der Waals surface area (Å²) in [5.74, 6) is 0.787. The van der Waals surface area contributed by atoms with Gasteiger partial charge in [0.2, 0.25) is 0 Å². The lowest BCUT2D eigenvalue weighted by atomic mass is 9.84. The van der Waals surface area contributed by atoms with Crippen LogP contribution in [0, 0.1) is 0 Å². The number of nitrogens with zero attached hydrogens (tertiary/aromatic N) is 2. The molecule has 0 aliphatic heterocycles. The van der Waals surface area contributed by atoms with E-state index in [4.69, 9.17) is 0 Å². The van der Waals surface area contributed by atoms with Crippen LogP contribution in [-0.4, -0.2) is 9.55 Å². The molecule has 0 unspecified atom stereocenters. The molecule has 2 aromatic rings. The molecule has 1 heterocycles. The second kappa shape index (κ2) is 6.93. The quantitative estimate of drug-likeness (QED) is 0.731. The summed E-state index contributed by atoms with van der Waals surface area (Å²) < 4.78 is 2.24. The predicted octanol–water partition coefficient (Wildman–Crippen LogP) is 5.26. The highest BCUT2D eigenvalue weighted by molar-refractivity contribution is 5.37. The van der Waals surface area contributed by atoms with Crippen molar-refractivity contribution >= 4 is 0 Å². The second-order valence-electron chi connectivity index (χ2n) is 6.28. The van der Waals surface area contributed by atoms with Crippen molar-refractivity contribution in [2.24, 2.45) is 0 Å². The van der Waals surface area contributed by atoms with Crippen molar-refractivity contribution in [1.29, 1.82) is 0 Å². The standard InChI is InChI=1S/C19H26N2/c1-2-3-9-19-14-20-15-21(19)18-12-10-17(11-13-18)16-7-5-4-6-8-16/h10-16H,2-9H2,1H3. The number of hydrogen-bond donors (Lipinski definition) is 0. The van der Waals surface area contributed by atoms with Gasteiger partial charge in [-0.1, -0.05) is 44.7 Å². The van der Waals surface area contributed by atoms with Gasteiger partial charge in [-0.3, -0.25) is 0 Å². The fraction of sp³-hybridized carbons (Fsp3) is 0.526. The summed E-state index contributed by atoms with van der Waals surface area (Å²) in [4.78, 5) is 4.33. The molecule has 2 nitrogen and oxygen atoms in total. The van der Waals surface area contributed by atoms with E-state index in [1.807, 2.05) is 12.5 Å². The Bertz CT molecular complexity index is 547. The third-order valence-corrected chi connectivity index (χ3v) is 4.75. The zero-order chi connectivity index (χ0) is 14.5. The molecule has 0 atom stereocenters. The molecule has 0 N–H and O–H groups in total.